The Bertz CT molecular complexity index is 1420. The van der Waals surface area contributed by atoms with Crippen molar-refractivity contribution in [3.05, 3.63) is 42.4 Å². The van der Waals surface area contributed by atoms with Gasteiger partial charge in [0.15, 0.2) is 0 Å². The maximum atomic E-state index is 15.1. The van der Waals surface area contributed by atoms with Gasteiger partial charge in [-0.15, -0.1) is 5.10 Å². The number of hydrogen-bond donors (Lipinski definition) is 1. The third-order valence-corrected chi connectivity index (χ3v) is 7.92. The smallest absolute Gasteiger partial charge is 0.241 e. The van der Waals surface area contributed by atoms with E-state index in [4.69, 9.17) is 9.72 Å². The minimum absolute atomic E-state index is 0.0823. The maximum absolute atomic E-state index is 15.1. The molecule has 0 aliphatic carbocycles. The zero-order chi connectivity index (χ0) is 26.6. The lowest BCUT2D eigenvalue weighted by atomic mass is 9.92. The van der Waals surface area contributed by atoms with Crippen LogP contribution in [0.3, 0.4) is 0 Å². The number of hydrogen-bond acceptors (Lipinski definition) is 7. The third-order valence-electron chi connectivity index (χ3n) is 7.92. The van der Waals surface area contributed by atoms with E-state index in [0.717, 1.165) is 12.1 Å². The molecule has 3 aliphatic heterocycles. The number of alkyl halides is 3. The predicted molar refractivity (Wildman–Crippen MR) is 140 cm³/mol. The number of anilines is 1. The molecule has 0 amide bonds. The number of pyridine rings is 1. The van der Waals surface area contributed by atoms with Crippen LogP contribution in [-0.4, -0.2) is 80.7 Å². The van der Waals surface area contributed by atoms with Gasteiger partial charge in [-0.1, -0.05) is 6.58 Å². The Balaban J connectivity index is 1.26. The number of ether oxygens (including phenoxy) is 1. The number of fused-ring (bicyclic) bond motifs is 2. The lowest BCUT2D eigenvalue weighted by molar-refractivity contribution is -0.142. The summed E-state index contributed by atoms with van der Waals surface area (Å²) in [6.07, 6.45) is 0.138. The molecule has 11 heteroatoms. The first-order chi connectivity index (χ1) is 18.3. The number of piperidine rings is 1. The Kier molecular flexibility index (Phi) is 6.22. The quantitative estimate of drug-likeness (QED) is 0.473. The van der Waals surface area contributed by atoms with Crippen LogP contribution in [0.25, 0.3) is 22.9 Å². The van der Waals surface area contributed by atoms with Crippen molar-refractivity contribution in [2.45, 2.75) is 56.8 Å². The summed E-state index contributed by atoms with van der Waals surface area (Å²) in [5.41, 5.74) is 4.51. The molecular weight excluding hydrogens is 495 g/mol. The Hall–Kier alpha value is -3.31. The molecule has 2 saturated heterocycles. The van der Waals surface area contributed by atoms with E-state index in [1.54, 1.807) is 23.7 Å². The standard InChI is InChI=1S/C27H30F3N7O/c1-4-16-9-18(20-5-6-22-25(33-20)17(10-24(29)30)15(2)32-22)23-11-31-26(35-37(16)23)34-21-7-8-36(12-19(21)28)27(3)13-38-14-27/h4-6,9,11,17,19,21,24H,1,7-8,10,12-14H2,2-3H3,(H,34,35)/t17?,19-,21+/m1/s1. The zero-order valence-electron chi connectivity index (χ0n) is 21.4. The van der Waals surface area contributed by atoms with Gasteiger partial charge in [0.05, 0.1) is 59.3 Å². The molecule has 38 heavy (non-hydrogen) atoms. The second-order valence-electron chi connectivity index (χ2n) is 10.6. The van der Waals surface area contributed by atoms with Crippen molar-refractivity contribution in [3.63, 3.8) is 0 Å². The second-order valence-corrected chi connectivity index (χ2v) is 10.6. The lowest BCUT2D eigenvalue weighted by Crippen LogP contribution is -2.64. The summed E-state index contributed by atoms with van der Waals surface area (Å²) in [6.45, 7) is 10.1. The van der Waals surface area contributed by atoms with Crippen LogP contribution in [0.2, 0.25) is 0 Å². The molecule has 1 N–H and O–H groups in total. The summed E-state index contributed by atoms with van der Waals surface area (Å²) in [5, 5.41) is 7.81. The molecule has 6 rings (SSSR count). The van der Waals surface area contributed by atoms with Crippen LogP contribution in [0.4, 0.5) is 24.8 Å². The molecule has 200 valence electrons. The number of aromatic nitrogens is 4. The van der Waals surface area contributed by atoms with Gasteiger partial charge in [-0.3, -0.25) is 9.89 Å². The fraction of sp³-hybridized carbons (Fsp3) is 0.481. The SMILES string of the molecule is C=Cc1cc(-c2ccc3c(n2)C(CC(F)F)C(C)=N3)c2cnc(N[C@H]3CCN(C4(C)COC4)C[C@H]3F)nn12. The van der Waals surface area contributed by atoms with Gasteiger partial charge < -0.3 is 10.1 Å². The first-order valence-electron chi connectivity index (χ1n) is 12.8. The normalized spacial score (nSPS) is 24.8. The summed E-state index contributed by atoms with van der Waals surface area (Å²) < 4.78 is 48.6. The van der Waals surface area contributed by atoms with Crippen molar-refractivity contribution in [1.82, 2.24) is 24.5 Å². The van der Waals surface area contributed by atoms with Gasteiger partial charge in [-0.2, -0.15) is 0 Å². The van der Waals surface area contributed by atoms with E-state index in [1.807, 2.05) is 18.2 Å². The Morgan fingerprint density at radius 1 is 1.32 bits per heavy atom. The van der Waals surface area contributed by atoms with Gasteiger partial charge in [0.1, 0.15) is 6.17 Å². The fourth-order valence-electron chi connectivity index (χ4n) is 5.63. The van der Waals surface area contributed by atoms with Crippen molar-refractivity contribution >= 4 is 28.9 Å². The van der Waals surface area contributed by atoms with Crippen LogP contribution in [0.15, 0.2) is 36.0 Å². The van der Waals surface area contributed by atoms with Gasteiger partial charge in [0.25, 0.3) is 0 Å². The Labute approximate surface area is 218 Å². The molecule has 0 saturated carbocycles. The summed E-state index contributed by atoms with van der Waals surface area (Å²) in [4.78, 5) is 15.8. The van der Waals surface area contributed by atoms with E-state index in [-0.39, 0.29) is 12.0 Å². The van der Waals surface area contributed by atoms with E-state index in [0.29, 0.717) is 66.1 Å². The van der Waals surface area contributed by atoms with Gasteiger partial charge in [-0.05, 0) is 44.5 Å². The number of nitrogens with one attached hydrogen (secondary N) is 1. The first kappa shape index (κ1) is 25.0. The molecule has 3 atom stereocenters. The first-order valence-corrected chi connectivity index (χ1v) is 12.8. The molecule has 0 radical (unpaired) electrons. The van der Waals surface area contributed by atoms with Crippen molar-refractivity contribution < 1.29 is 17.9 Å². The van der Waals surface area contributed by atoms with Crippen molar-refractivity contribution in [3.8, 4) is 11.3 Å². The summed E-state index contributed by atoms with van der Waals surface area (Å²) in [7, 11) is 0. The molecule has 0 aromatic carbocycles. The van der Waals surface area contributed by atoms with Crippen molar-refractivity contribution in [1.29, 1.82) is 0 Å². The summed E-state index contributed by atoms with van der Waals surface area (Å²) in [5.74, 6) is -0.186. The molecule has 1 unspecified atom stereocenters. The van der Waals surface area contributed by atoms with E-state index in [9.17, 15) is 8.78 Å². The highest BCUT2D eigenvalue weighted by molar-refractivity contribution is 5.96. The molecule has 3 aliphatic rings. The van der Waals surface area contributed by atoms with E-state index in [2.05, 4.69) is 38.8 Å². The summed E-state index contributed by atoms with van der Waals surface area (Å²) >= 11 is 0. The molecule has 6 heterocycles. The molecule has 3 aromatic rings. The van der Waals surface area contributed by atoms with Gasteiger partial charge in [-0.25, -0.2) is 27.7 Å². The van der Waals surface area contributed by atoms with Gasteiger partial charge in [0, 0.05) is 36.7 Å². The van der Waals surface area contributed by atoms with Crippen LogP contribution in [0, 0.1) is 0 Å². The third kappa shape index (κ3) is 4.27. The fourth-order valence-corrected chi connectivity index (χ4v) is 5.63. The number of nitrogens with zero attached hydrogens (tertiary/aromatic N) is 6. The molecule has 3 aromatic heterocycles. The highest BCUT2D eigenvalue weighted by atomic mass is 19.3. The van der Waals surface area contributed by atoms with Crippen molar-refractivity contribution in [2.24, 2.45) is 4.99 Å². The predicted octanol–water partition coefficient (Wildman–Crippen LogP) is 4.89. The Morgan fingerprint density at radius 2 is 2.13 bits per heavy atom. The molecule has 8 nitrogen and oxygen atoms in total. The number of likely N-dealkylation sites (tertiary alicyclic amines) is 1. The largest absolute Gasteiger partial charge is 0.377 e. The number of aliphatic imine (C=N–C) groups is 1. The minimum atomic E-state index is -2.45. The highest BCUT2D eigenvalue weighted by Crippen LogP contribution is 2.39. The molecular formula is C27H30F3N7O. The second kappa shape index (κ2) is 9.46. The van der Waals surface area contributed by atoms with Crippen molar-refractivity contribution in [2.75, 3.05) is 31.6 Å². The average Bonchev–Trinajstić information content (AvgIpc) is 3.39. The van der Waals surface area contributed by atoms with E-state index < -0.39 is 24.6 Å². The average molecular weight is 526 g/mol. The molecule has 0 bridgehead atoms. The molecule has 2 fully saturated rings. The van der Waals surface area contributed by atoms with Gasteiger partial charge >= 0.3 is 0 Å². The topological polar surface area (TPSA) is 79.9 Å². The van der Waals surface area contributed by atoms with Gasteiger partial charge in [0.2, 0.25) is 12.4 Å². The molecule has 0 spiro atoms. The van der Waals surface area contributed by atoms with Crippen LogP contribution in [-0.2, 0) is 4.74 Å². The van der Waals surface area contributed by atoms with Crippen LogP contribution in [0.5, 0.6) is 0 Å². The van der Waals surface area contributed by atoms with E-state index in [1.165, 1.54) is 0 Å². The van der Waals surface area contributed by atoms with Crippen LogP contribution in [0.1, 0.15) is 44.0 Å². The summed E-state index contributed by atoms with van der Waals surface area (Å²) in [6, 6.07) is 5.12. The monoisotopic (exact) mass is 525 g/mol. The lowest BCUT2D eigenvalue weighted by Gasteiger charge is -2.50. The highest BCUT2D eigenvalue weighted by Gasteiger charge is 2.43. The Morgan fingerprint density at radius 3 is 2.82 bits per heavy atom. The number of rotatable bonds is 7. The zero-order valence-corrected chi connectivity index (χ0v) is 21.4. The number of halogens is 3. The van der Waals surface area contributed by atoms with E-state index >= 15 is 4.39 Å². The van der Waals surface area contributed by atoms with Crippen LogP contribution < -0.4 is 5.32 Å². The minimum Gasteiger partial charge on any atom is -0.377 e. The van der Waals surface area contributed by atoms with Crippen LogP contribution >= 0.6 is 0 Å². The maximum Gasteiger partial charge on any atom is 0.241 e.